The number of halogens is 18. The molecular weight excluding hydrogens is 670 g/mol. The van der Waals surface area contributed by atoms with E-state index in [1.54, 1.807) is 0 Å². The minimum absolute atomic E-state index is 0.320. The summed E-state index contributed by atoms with van der Waals surface area (Å²) in [5.41, 5.74) is 0. The van der Waals surface area contributed by atoms with Crippen LogP contribution in [0.1, 0.15) is 0 Å². The first-order chi connectivity index (χ1) is 17.2. The molecule has 26 heteroatoms. The maximum atomic E-state index is 13.6. The first-order valence-electron chi connectivity index (χ1n) is 8.54. The lowest BCUT2D eigenvalue weighted by atomic mass is 10.1. The van der Waals surface area contributed by atoms with Crippen LogP contribution in [0, 0.1) is 0 Å². The summed E-state index contributed by atoms with van der Waals surface area (Å²) in [5.74, 6) is -34.6. The van der Waals surface area contributed by atoms with Gasteiger partial charge in [-0.3, -0.25) is 0 Å². The van der Waals surface area contributed by atoms with Gasteiger partial charge in [0, 0.05) is 0 Å². The number of rotatable bonds is 10. The fourth-order valence-electron chi connectivity index (χ4n) is 1.94. The highest BCUT2D eigenvalue weighted by Crippen LogP contribution is 2.56. The van der Waals surface area contributed by atoms with Crippen molar-refractivity contribution < 1.29 is 104 Å². The van der Waals surface area contributed by atoms with Gasteiger partial charge in [0.15, 0.2) is 0 Å². The van der Waals surface area contributed by atoms with E-state index in [1.807, 2.05) is 0 Å². The van der Waals surface area contributed by atoms with Crippen LogP contribution in [0.25, 0.3) is 0 Å². The zero-order valence-electron chi connectivity index (χ0n) is 17.4. The zero-order valence-corrected chi connectivity index (χ0v) is 19.0. The van der Waals surface area contributed by atoms with Crippen molar-refractivity contribution in [3.05, 3.63) is 24.3 Å². The monoisotopic (exact) mass is 674 g/mol. The van der Waals surface area contributed by atoms with Crippen molar-refractivity contribution in [2.24, 2.45) is 0 Å². The Hall–Kier alpha value is -2.54. The van der Waals surface area contributed by atoms with E-state index < -0.39 is 78.3 Å². The van der Waals surface area contributed by atoms with Crippen molar-refractivity contribution in [3.63, 3.8) is 0 Å². The highest BCUT2D eigenvalue weighted by atomic mass is 32.2. The van der Waals surface area contributed by atoms with Crippen LogP contribution >= 0.6 is 0 Å². The number of hydrogen-bond acceptors (Lipinski definition) is 6. The van der Waals surface area contributed by atoms with Gasteiger partial charge in [-0.1, -0.05) is 0 Å². The normalized spacial score (nSPS) is 15.7. The van der Waals surface area contributed by atoms with E-state index in [4.69, 9.17) is 0 Å². The minimum Gasteiger partial charge on any atom is -0.378 e. The lowest BCUT2D eigenvalue weighted by molar-refractivity contribution is -0.382. The van der Waals surface area contributed by atoms with E-state index in [2.05, 4.69) is 8.37 Å². The molecule has 0 saturated heterocycles. The minimum atomic E-state index is -7.76. The Morgan fingerprint density at radius 1 is 0.400 bits per heavy atom. The van der Waals surface area contributed by atoms with Crippen molar-refractivity contribution in [2.45, 2.75) is 46.6 Å². The SMILES string of the molecule is O=S(=O)(Oc1ccc(OS(=O)(=O)C(F)(F)C(F)(F)C(F)(F)C(F)(F)F)cc1)C(F)(F)C(F)(F)C(F)(F)C(F)(F)F. The van der Waals surface area contributed by atoms with Crippen LogP contribution in [0.4, 0.5) is 79.0 Å². The lowest BCUT2D eigenvalue weighted by Crippen LogP contribution is -2.63. The van der Waals surface area contributed by atoms with Gasteiger partial charge in [-0.25, -0.2) is 0 Å². The van der Waals surface area contributed by atoms with Crippen molar-refractivity contribution >= 4 is 20.2 Å². The predicted molar refractivity (Wildman–Crippen MR) is 87.3 cm³/mol. The van der Waals surface area contributed by atoms with Gasteiger partial charge in [0.2, 0.25) is 0 Å². The third kappa shape index (κ3) is 5.26. The Morgan fingerprint density at radius 2 is 0.600 bits per heavy atom. The van der Waals surface area contributed by atoms with Crippen LogP contribution in [0.3, 0.4) is 0 Å². The fraction of sp³-hybridized carbons (Fsp3) is 0.571. The lowest BCUT2D eigenvalue weighted by Gasteiger charge is -2.32. The Labute approximate surface area is 207 Å². The Balaban J connectivity index is 3.34. The quantitative estimate of drug-likeness (QED) is 0.225. The second-order valence-electron chi connectivity index (χ2n) is 6.87. The molecule has 6 nitrogen and oxygen atoms in total. The molecule has 1 aromatic carbocycles. The summed E-state index contributed by atoms with van der Waals surface area (Å²) in [6, 6.07) is -1.28. The van der Waals surface area contributed by atoms with Crippen LogP contribution < -0.4 is 8.37 Å². The average Bonchev–Trinajstić information content (AvgIpc) is 2.72. The Kier molecular flexibility index (Phi) is 8.43. The van der Waals surface area contributed by atoms with Crippen LogP contribution in [0.5, 0.6) is 11.5 Å². The summed E-state index contributed by atoms with van der Waals surface area (Å²) in [5, 5.41) is -14.8. The number of benzene rings is 1. The second kappa shape index (κ2) is 9.50. The van der Waals surface area contributed by atoms with Gasteiger partial charge in [-0.2, -0.15) is 95.9 Å². The topological polar surface area (TPSA) is 86.7 Å². The second-order valence-corrected chi connectivity index (χ2v) is 10.0. The standard InChI is InChI=1S/C14H4F18O6S2/c15-7(16,11(23,24)25)9(19,20)13(29,30)39(33,34)37-5-1-2-6(4-3-5)38-40(35,36)14(31,32)10(21,22)8(17,18)12(26,27)28/h1-4H. The summed E-state index contributed by atoms with van der Waals surface area (Å²) >= 11 is 0. The van der Waals surface area contributed by atoms with Gasteiger partial charge in [-0.05, 0) is 24.3 Å². The Morgan fingerprint density at radius 3 is 0.775 bits per heavy atom. The zero-order chi connectivity index (χ0) is 32.4. The van der Waals surface area contributed by atoms with Crippen LogP contribution in [0.15, 0.2) is 24.3 Å². The molecule has 234 valence electrons. The van der Waals surface area contributed by atoms with Gasteiger partial charge in [0.25, 0.3) is 0 Å². The smallest absolute Gasteiger partial charge is 0.378 e. The molecule has 0 radical (unpaired) electrons. The van der Waals surface area contributed by atoms with Crippen LogP contribution in [-0.4, -0.2) is 63.4 Å². The molecule has 0 saturated carbocycles. The molecule has 1 rings (SSSR count). The van der Waals surface area contributed by atoms with E-state index in [9.17, 15) is 95.9 Å². The van der Waals surface area contributed by atoms with E-state index in [1.165, 1.54) is 0 Å². The molecule has 0 atom stereocenters. The van der Waals surface area contributed by atoms with E-state index in [0.717, 1.165) is 0 Å². The highest BCUT2D eigenvalue weighted by molar-refractivity contribution is 7.88. The fourth-order valence-corrected chi connectivity index (χ4v) is 3.77. The van der Waals surface area contributed by atoms with Crippen LogP contribution in [-0.2, 0) is 20.2 Å². The van der Waals surface area contributed by atoms with Crippen LogP contribution in [0.2, 0.25) is 0 Å². The van der Waals surface area contributed by atoms with E-state index >= 15 is 0 Å². The van der Waals surface area contributed by atoms with E-state index in [-0.39, 0.29) is 24.3 Å². The molecule has 0 aromatic heterocycles. The summed E-state index contributed by atoms with van der Waals surface area (Å²) < 4.78 is 283. The maximum absolute atomic E-state index is 13.6. The predicted octanol–water partition coefficient (Wildman–Crippen LogP) is 5.96. The molecule has 0 N–H and O–H groups in total. The number of hydrogen-bond donors (Lipinski definition) is 0. The maximum Gasteiger partial charge on any atom is 0.460 e. The molecule has 0 aliphatic heterocycles. The molecule has 0 heterocycles. The number of alkyl halides is 18. The molecule has 0 fully saturated rings. The van der Waals surface area contributed by atoms with Gasteiger partial charge in [-0.15, -0.1) is 0 Å². The highest BCUT2D eigenvalue weighted by Gasteiger charge is 2.87. The summed E-state index contributed by atoms with van der Waals surface area (Å²) in [4.78, 5) is 0. The first-order valence-corrected chi connectivity index (χ1v) is 11.4. The van der Waals surface area contributed by atoms with Gasteiger partial charge < -0.3 is 8.37 Å². The third-order valence-electron chi connectivity index (χ3n) is 4.10. The van der Waals surface area contributed by atoms with Gasteiger partial charge >= 0.3 is 66.8 Å². The largest absolute Gasteiger partial charge is 0.460 e. The van der Waals surface area contributed by atoms with Crippen molar-refractivity contribution in [3.8, 4) is 11.5 Å². The summed E-state index contributed by atoms with van der Waals surface area (Å²) in [6.45, 7) is 0. The average molecular weight is 674 g/mol. The summed E-state index contributed by atoms with van der Waals surface area (Å²) in [6.07, 6.45) is -14.9. The van der Waals surface area contributed by atoms with E-state index in [0.29, 0.717) is 0 Å². The molecule has 0 unspecified atom stereocenters. The van der Waals surface area contributed by atoms with Gasteiger partial charge in [0.1, 0.15) is 11.5 Å². The third-order valence-corrected chi connectivity index (χ3v) is 6.69. The molecule has 0 aliphatic carbocycles. The molecule has 0 aliphatic rings. The molecular formula is C14H4F18O6S2. The first kappa shape index (κ1) is 35.5. The summed E-state index contributed by atoms with van der Waals surface area (Å²) in [7, 11) is -15.1. The molecule has 0 amide bonds. The van der Waals surface area contributed by atoms with Crippen molar-refractivity contribution in [1.82, 2.24) is 0 Å². The van der Waals surface area contributed by atoms with Gasteiger partial charge in [0.05, 0.1) is 0 Å². The van der Waals surface area contributed by atoms with Crippen molar-refractivity contribution in [2.75, 3.05) is 0 Å². The molecule has 40 heavy (non-hydrogen) atoms. The molecule has 1 aromatic rings. The molecule has 0 bridgehead atoms. The molecule has 0 spiro atoms. The van der Waals surface area contributed by atoms with Crippen molar-refractivity contribution in [1.29, 1.82) is 0 Å². The Bertz CT molecular complexity index is 1190.